The summed E-state index contributed by atoms with van der Waals surface area (Å²) in [7, 11) is 0. The van der Waals surface area contributed by atoms with Gasteiger partial charge in [-0.25, -0.2) is 4.98 Å². The lowest BCUT2D eigenvalue weighted by Crippen LogP contribution is -1.90. The molecule has 0 amide bonds. The minimum atomic E-state index is 0.349. The molecule has 3 heterocycles. The number of hydrogen-bond donors (Lipinski definition) is 1. The monoisotopic (exact) mass is 233 g/mol. The summed E-state index contributed by atoms with van der Waals surface area (Å²) in [5.41, 5.74) is 7.31. The van der Waals surface area contributed by atoms with Crippen molar-refractivity contribution >= 4 is 22.8 Å². The van der Waals surface area contributed by atoms with Crippen molar-refractivity contribution in [3.05, 3.63) is 41.9 Å². The lowest BCUT2D eigenvalue weighted by molar-refractivity contribution is 0.579. The van der Waals surface area contributed by atoms with Crippen LogP contribution in [0.1, 0.15) is 0 Å². The number of rotatable bonds is 1. The Morgan fingerprint density at radius 3 is 2.94 bits per heavy atom. The maximum atomic E-state index is 5.73. The number of nitrogens with two attached hydrogens (primary N) is 1. The molecule has 3 aromatic heterocycles. The molecule has 2 N–H and O–H groups in total. The molecule has 0 aromatic carbocycles. The first kappa shape index (κ1) is 9.30. The van der Waals surface area contributed by atoms with E-state index in [0.717, 1.165) is 5.52 Å². The molecule has 4 nitrogen and oxygen atoms in total. The third-order valence-corrected chi connectivity index (χ3v) is 2.55. The maximum absolute atomic E-state index is 5.73. The van der Waals surface area contributed by atoms with Gasteiger partial charge in [0.2, 0.25) is 0 Å². The molecule has 0 aliphatic rings. The predicted octanol–water partition coefficient (Wildman–Crippen LogP) is 2.83. The van der Waals surface area contributed by atoms with E-state index in [4.69, 9.17) is 21.8 Å². The quantitative estimate of drug-likeness (QED) is 0.703. The van der Waals surface area contributed by atoms with Crippen molar-refractivity contribution in [1.82, 2.24) is 9.38 Å². The third-order valence-electron chi connectivity index (χ3n) is 2.35. The Kier molecular flexibility index (Phi) is 1.91. The molecule has 80 valence electrons. The SMILES string of the molecule is Nc1ccn2c(-c3ccc(Cl)o3)ncc2c1. The molecule has 0 aliphatic carbocycles. The van der Waals surface area contributed by atoms with Gasteiger partial charge in [0.1, 0.15) is 0 Å². The number of anilines is 1. The van der Waals surface area contributed by atoms with Crippen LogP contribution in [0.4, 0.5) is 5.69 Å². The number of furan rings is 1. The minimum absolute atomic E-state index is 0.349. The molecule has 0 saturated carbocycles. The van der Waals surface area contributed by atoms with E-state index >= 15 is 0 Å². The molecule has 0 bridgehead atoms. The highest BCUT2D eigenvalue weighted by Crippen LogP contribution is 2.24. The Bertz CT molecular complexity index is 656. The van der Waals surface area contributed by atoms with Crippen LogP contribution < -0.4 is 5.73 Å². The van der Waals surface area contributed by atoms with E-state index in [-0.39, 0.29) is 0 Å². The van der Waals surface area contributed by atoms with Gasteiger partial charge >= 0.3 is 0 Å². The van der Waals surface area contributed by atoms with Crippen molar-refractivity contribution in [2.45, 2.75) is 0 Å². The number of hydrogen-bond acceptors (Lipinski definition) is 3. The van der Waals surface area contributed by atoms with Crippen LogP contribution in [-0.2, 0) is 0 Å². The van der Waals surface area contributed by atoms with Crippen molar-refractivity contribution in [2.24, 2.45) is 0 Å². The molecule has 3 rings (SSSR count). The summed E-state index contributed by atoms with van der Waals surface area (Å²) >= 11 is 5.73. The second-order valence-corrected chi connectivity index (χ2v) is 3.81. The van der Waals surface area contributed by atoms with Gasteiger partial charge in [-0.05, 0) is 35.9 Å². The summed E-state index contributed by atoms with van der Waals surface area (Å²) in [6.07, 6.45) is 3.59. The topological polar surface area (TPSA) is 56.5 Å². The molecule has 0 atom stereocenters. The van der Waals surface area contributed by atoms with Gasteiger partial charge < -0.3 is 10.2 Å². The van der Waals surface area contributed by atoms with E-state index in [1.54, 1.807) is 18.3 Å². The van der Waals surface area contributed by atoms with Crippen LogP contribution in [0.15, 0.2) is 41.1 Å². The van der Waals surface area contributed by atoms with Crippen LogP contribution in [-0.4, -0.2) is 9.38 Å². The first-order valence-corrected chi connectivity index (χ1v) is 5.10. The van der Waals surface area contributed by atoms with Crippen LogP contribution in [0.25, 0.3) is 17.1 Å². The molecule has 5 heteroatoms. The number of fused-ring (bicyclic) bond motifs is 1. The van der Waals surface area contributed by atoms with Gasteiger partial charge in [-0.2, -0.15) is 0 Å². The number of pyridine rings is 1. The maximum Gasteiger partial charge on any atom is 0.194 e. The first-order valence-electron chi connectivity index (χ1n) is 4.72. The van der Waals surface area contributed by atoms with Crippen LogP contribution in [0.5, 0.6) is 0 Å². The summed E-state index contributed by atoms with van der Waals surface area (Å²) < 4.78 is 7.21. The van der Waals surface area contributed by atoms with Crippen molar-refractivity contribution in [3.63, 3.8) is 0 Å². The highest BCUT2D eigenvalue weighted by atomic mass is 35.5. The van der Waals surface area contributed by atoms with Crippen LogP contribution in [0, 0.1) is 0 Å². The van der Waals surface area contributed by atoms with Gasteiger partial charge in [-0.3, -0.25) is 4.40 Å². The second kappa shape index (κ2) is 3.28. The Balaban J connectivity index is 2.25. The lowest BCUT2D eigenvalue weighted by atomic mass is 10.3. The van der Waals surface area contributed by atoms with E-state index in [1.807, 2.05) is 22.7 Å². The average molecular weight is 234 g/mol. The number of nitrogens with zero attached hydrogens (tertiary/aromatic N) is 2. The molecule has 0 aliphatic heterocycles. The normalized spacial score (nSPS) is 11.1. The number of halogens is 1. The Morgan fingerprint density at radius 2 is 2.19 bits per heavy atom. The summed E-state index contributed by atoms with van der Waals surface area (Å²) in [5.74, 6) is 1.34. The summed E-state index contributed by atoms with van der Waals surface area (Å²) in [6.45, 7) is 0. The van der Waals surface area contributed by atoms with Gasteiger partial charge in [-0.1, -0.05) is 0 Å². The van der Waals surface area contributed by atoms with Crippen LogP contribution >= 0.6 is 11.6 Å². The third kappa shape index (κ3) is 1.35. The van der Waals surface area contributed by atoms with Gasteiger partial charge in [0.05, 0.1) is 11.7 Å². The van der Waals surface area contributed by atoms with Crippen molar-refractivity contribution in [2.75, 3.05) is 5.73 Å². The highest BCUT2D eigenvalue weighted by molar-refractivity contribution is 6.28. The van der Waals surface area contributed by atoms with E-state index in [9.17, 15) is 0 Å². The van der Waals surface area contributed by atoms with E-state index in [1.165, 1.54) is 0 Å². The molecule has 0 spiro atoms. The van der Waals surface area contributed by atoms with E-state index in [0.29, 0.717) is 22.5 Å². The molecule has 0 saturated heterocycles. The number of nitrogen functional groups attached to an aromatic ring is 1. The fourth-order valence-electron chi connectivity index (χ4n) is 1.63. The molecule has 16 heavy (non-hydrogen) atoms. The fourth-order valence-corrected chi connectivity index (χ4v) is 1.78. The van der Waals surface area contributed by atoms with Gasteiger partial charge in [0, 0.05) is 11.9 Å². The molecule has 3 aromatic rings. The summed E-state index contributed by atoms with van der Waals surface area (Å²) in [5, 5.41) is 0.349. The fraction of sp³-hybridized carbons (Fsp3) is 0. The van der Waals surface area contributed by atoms with Crippen LogP contribution in [0.2, 0.25) is 5.22 Å². The summed E-state index contributed by atoms with van der Waals surface area (Å²) in [4.78, 5) is 4.28. The highest BCUT2D eigenvalue weighted by Gasteiger charge is 2.10. The van der Waals surface area contributed by atoms with Crippen molar-refractivity contribution in [1.29, 1.82) is 0 Å². The van der Waals surface area contributed by atoms with Gasteiger partial charge in [-0.15, -0.1) is 0 Å². The zero-order chi connectivity index (χ0) is 11.1. The zero-order valence-corrected chi connectivity index (χ0v) is 8.98. The molecule has 0 unspecified atom stereocenters. The molecule has 0 fully saturated rings. The standard InChI is InChI=1S/C11H8ClN3O/c12-10-2-1-9(16-10)11-14-6-8-5-7(13)3-4-15(8)11/h1-6H,13H2. The van der Waals surface area contributed by atoms with Crippen molar-refractivity contribution < 1.29 is 4.42 Å². The van der Waals surface area contributed by atoms with Crippen LogP contribution in [0.3, 0.4) is 0 Å². The predicted molar refractivity (Wildman–Crippen MR) is 62.3 cm³/mol. The Morgan fingerprint density at radius 1 is 1.31 bits per heavy atom. The van der Waals surface area contributed by atoms with Gasteiger partial charge in [0.25, 0.3) is 0 Å². The zero-order valence-electron chi connectivity index (χ0n) is 8.22. The number of aromatic nitrogens is 2. The molecular weight excluding hydrogens is 226 g/mol. The molecular formula is C11H8ClN3O. The first-order chi connectivity index (χ1) is 7.74. The Hall–Kier alpha value is -1.94. The minimum Gasteiger partial charge on any atom is -0.441 e. The van der Waals surface area contributed by atoms with E-state index < -0.39 is 0 Å². The Labute approximate surface area is 96.3 Å². The lowest BCUT2D eigenvalue weighted by Gasteiger charge is -1.98. The number of imidazole rings is 1. The molecule has 0 radical (unpaired) electrons. The van der Waals surface area contributed by atoms with E-state index in [2.05, 4.69) is 4.98 Å². The van der Waals surface area contributed by atoms with Crippen molar-refractivity contribution in [3.8, 4) is 11.6 Å². The largest absolute Gasteiger partial charge is 0.441 e. The summed E-state index contributed by atoms with van der Waals surface area (Å²) in [6, 6.07) is 7.13. The second-order valence-electron chi connectivity index (χ2n) is 3.44. The average Bonchev–Trinajstić information content (AvgIpc) is 2.83. The smallest absolute Gasteiger partial charge is 0.194 e. The van der Waals surface area contributed by atoms with Gasteiger partial charge in [0.15, 0.2) is 16.8 Å².